The lowest BCUT2D eigenvalue weighted by atomic mass is 9.85. The Morgan fingerprint density at radius 1 is 1.30 bits per heavy atom. The van der Waals surface area contributed by atoms with E-state index in [4.69, 9.17) is 5.73 Å². The van der Waals surface area contributed by atoms with Crippen molar-refractivity contribution in [3.05, 3.63) is 29.6 Å². The molecule has 2 nitrogen and oxygen atoms in total. The van der Waals surface area contributed by atoms with Gasteiger partial charge in [-0.1, -0.05) is 19.9 Å². The van der Waals surface area contributed by atoms with Gasteiger partial charge in [0.2, 0.25) is 0 Å². The Bertz CT molecular complexity index is 454. The largest absolute Gasteiger partial charge is 0.369 e. The predicted molar refractivity (Wildman–Crippen MR) is 83.6 cm³/mol. The van der Waals surface area contributed by atoms with Crippen LogP contribution < -0.4 is 10.6 Å². The predicted octanol–water partition coefficient (Wildman–Crippen LogP) is 3.73. The fraction of sp³-hybridized carbons (Fsp3) is 0.647. The molecule has 112 valence electrons. The van der Waals surface area contributed by atoms with Gasteiger partial charge in [-0.05, 0) is 55.7 Å². The van der Waals surface area contributed by atoms with E-state index in [9.17, 15) is 4.39 Å². The van der Waals surface area contributed by atoms with Crippen LogP contribution in [-0.4, -0.2) is 19.1 Å². The standard InChI is InChI=1S/C17H27FN2/c1-13(19)11-14-5-6-16(15(18)12-14)20-9-4-7-17(2,3)8-10-20/h5-6,12-13H,4,7-11,19H2,1-3H3. The third kappa shape index (κ3) is 3.95. The molecular formula is C17H27FN2. The van der Waals surface area contributed by atoms with Crippen LogP contribution in [0.25, 0.3) is 0 Å². The topological polar surface area (TPSA) is 29.3 Å². The minimum Gasteiger partial charge on any atom is -0.369 e. The van der Waals surface area contributed by atoms with Crippen LogP contribution in [0, 0.1) is 11.2 Å². The summed E-state index contributed by atoms with van der Waals surface area (Å²) < 4.78 is 14.3. The molecule has 2 rings (SSSR count). The number of hydrogen-bond donors (Lipinski definition) is 1. The zero-order chi connectivity index (χ0) is 14.8. The molecule has 1 unspecified atom stereocenters. The Kier molecular flexibility index (Phi) is 4.69. The lowest BCUT2D eigenvalue weighted by Gasteiger charge is -2.25. The molecule has 0 bridgehead atoms. The minimum absolute atomic E-state index is 0.0687. The second kappa shape index (κ2) is 6.13. The first-order valence-corrected chi connectivity index (χ1v) is 7.66. The molecule has 1 aliphatic heterocycles. The van der Waals surface area contributed by atoms with E-state index >= 15 is 0 Å². The zero-order valence-corrected chi connectivity index (χ0v) is 13.0. The molecule has 3 heteroatoms. The monoisotopic (exact) mass is 278 g/mol. The maximum atomic E-state index is 14.3. The van der Waals surface area contributed by atoms with Gasteiger partial charge in [-0.25, -0.2) is 4.39 Å². The van der Waals surface area contributed by atoms with E-state index in [-0.39, 0.29) is 11.9 Å². The molecule has 20 heavy (non-hydrogen) atoms. The van der Waals surface area contributed by atoms with E-state index in [2.05, 4.69) is 18.7 Å². The summed E-state index contributed by atoms with van der Waals surface area (Å²) in [5.74, 6) is -0.108. The molecule has 1 fully saturated rings. The molecular weight excluding hydrogens is 251 g/mol. The first kappa shape index (κ1) is 15.3. The van der Waals surface area contributed by atoms with Crippen molar-refractivity contribution in [3.63, 3.8) is 0 Å². The molecule has 1 atom stereocenters. The highest BCUT2D eigenvalue weighted by atomic mass is 19.1. The number of halogens is 1. The highest BCUT2D eigenvalue weighted by Crippen LogP contribution is 2.32. The van der Waals surface area contributed by atoms with Crippen molar-refractivity contribution < 1.29 is 4.39 Å². The van der Waals surface area contributed by atoms with Crippen LogP contribution in [0.2, 0.25) is 0 Å². The molecule has 0 amide bonds. The summed E-state index contributed by atoms with van der Waals surface area (Å²) in [6.45, 7) is 8.45. The van der Waals surface area contributed by atoms with Crippen LogP contribution in [0.5, 0.6) is 0 Å². The van der Waals surface area contributed by atoms with Crippen LogP contribution in [0.1, 0.15) is 45.6 Å². The van der Waals surface area contributed by atoms with Crippen molar-refractivity contribution in [2.75, 3.05) is 18.0 Å². The molecule has 0 radical (unpaired) electrons. The van der Waals surface area contributed by atoms with Gasteiger partial charge in [0.25, 0.3) is 0 Å². The SMILES string of the molecule is CC(N)Cc1ccc(N2CCCC(C)(C)CC2)c(F)c1. The second-order valence-electron chi connectivity index (χ2n) is 6.97. The third-order valence-electron chi connectivity index (χ3n) is 4.25. The summed E-state index contributed by atoms with van der Waals surface area (Å²) in [5.41, 5.74) is 7.88. The Morgan fingerprint density at radius 3 is 2.70 bits per heavy atom. The molecule has 1 heterocycles. The van der Waals surface area contributed by atoms with Crippen molar-refractivity contribution in [1.82, 2.24) is 0 Å². The van der Waals surface area contributed by atoms with Crippen molar-refractivity contribution in [1.29, 1.82) is 0 Å². The van der Waals surface area contributed by atoms with Crippen molar-refractivity contribution >= 4 is 5.69 Å². The molecule has 1 aromatic carbocycles. The van der Waals surface area contributed by atoms with Crippen LogP contribution in [0.3, 0.4) is 0 Å². The van der Waals surface area contributed by atoms with E-state index in [0.717, 1.165) is 43.6 Å². The summed E-state index contributed by atoms with van der Waals surface area (Å²) in [5, 5.41) is 0. The van der Waals surface area contributed by atoms with E-state index in [1.54, 1.807) is 6.07 Å². The van der Waals surface area contributed by atoms with Crippen LogP contribution in [0.15, 0.2) is 18.2 Å². The Labute approximate surface area is 122 Å². The average molecular weight is 278 g/mol. The van der Waals surface area contributed by atoms with E-state index in [1.807, 2.05) is 19.1 Å². The number of hydrogen-bond acceptors (Lipinski definition) is 2. The van der Waals surface area contributed by atoms with E-state index in [0.29, 0.717) is 5.41 Å². The third-order valence-corrected chi connectivity index (χ3v) is 4.25. The fourth-order valence-corrected chi connectivity index (χ4v) is 2.97. The van der Waals surface area contributed by atoms with Crippen molar-refractivity contribution in [2.45, 2.75) is 52.5 Å². The molecule has 0 spiro atoms. The summed E-state index contributed by atoms with van der Waals surface area (Å²) in [4.78, 5) is 2.19. The summed E-state index contributed by atoms with van der Waals surface area (Å²) in [6, 6.07) is 5.65. The maximum absolute atomic E-state index is 14.3. The van der Waals surface area contributed by atoms with Gasteiger partial charge in [0.1, 0.15) is 5.82 Å². The van der Waals surface area contributed by atoms with E-state index in [1.165, 1.54) is 6.42 Å². The van der Waals surface area contributed by atoms with E-state index < -0.39 is 0 Å². The van der Waals surface area contributed by atoms with Crippen molar-refractivity contribution in [3.8, 4) is 0 Å². The molecule has 0 saturated carbocycles. The minimum atomic E-state index is -0.108. The fourth-order valence-electron chi connectivity index (χ4n) is 2.97. The Hall–Kier alpha value is -1.09. The number of benzene rings is 1. The average Bonchev–Trinajstić information content (AvgIpc) is 2.50. The van der Waals surface area contributed by atoms with Crippen LogP contribution in [-0.2, 0) is 6.42 Å². The molecule has 1 aromatic rings. The number of nitrogens with two attached hydrogens (primary N) is 1. The van der Waals surface area contributed by atoms with Gasteiger partial charge < -0.3 is 10.6 Å². The summed E-state index contributed by atoms with van der Waals surface area (Å²) in [6.07, 6.45) is 4.19. The summed E-state index contributed by atoms with van der Waals surface area (Å²) in [7, 11) is 0. The van der Waals surface area contributed by atoms with Crippen LogP contribution in [0.4, 0.5) is 10.1 Å². The first-order chi connectivity index (χ1) is 9.37. The highest BCUT2D eigenvalue weighted by Gasteiger charge is 2.24. The van der Waals surface area contributed by atoms with Crippen LogP contribution >= 0.6 is 0 Å². The Balaban J connectivity index is 2.12. The Morgan fingerprint density at radius 2 is 2.05 bits per heavy atom. The number of nitrogens with zero attached hydrogens (tertiary/aromatic N) is 1. The van der Waals surface area contributed by atoms with Gasteiger partial charge >= 0.3 is 0 Å². The normalized spacial score (nSPS) is 20.6. The quantitative estimate of drug-likeness (QED) is 0.912. The van der Waals surface area contributed by atoms with Gasteiger partial charge in [-0.15, -0.1) is 0 Å². The molecule has 0 aromatic heterocycles. The van der Waals surface area contributed by atoms with Gasteiger partial charge in [0.05, 0.1) is 5.69 Å². The molecule has 1 aliphatic rings. The van der Waals surface area contributed by atoms with Gasteiger partial charge in [-0.3, -0.25) is 0 Å². The first-order valence-electron chi connectivity index (χ1n) is 7.66. The second-order valence-corrected chi connectivity index (χ2v) is 6.97. The number of rotatable bonds is 3. The molecule has 1 saturated heterocycles. The maximum Gasteiger partial charge on any atom is 0.146 e. The van der Waals surface area contributed by atoms with Crippen molar-refractivity contribution in [2.24, 2.45) is 11.1 Å². The lowest BCUT2D eigenvalue weighted by Crippen LogP contribution is -2.26. The molecule has 2 N–H and O–H groups in total. The number of anilines is 1. The van der Waals surface area contributed by atoms with Gasteiger partial charge in [0.15, 0.2) is 0 Å². The summed E-state index contributed by atoms with van der Waals surface area (Å²) >= 11 is 0. The molecule has 0 aliphatic carbocycles. The smallest absolute Gasteiger partial charge is 0.146 e. The van der Waals surface area contributed by atoms with Gasteiger partial charge in [-0.2, -0.15) is 0 Å². The highest BCUT2D eigenvalue weighted by molar-refractivity contribution is 5.49. The lowest BCUT2D eigenvalue weighted by molar-refractivity contribution is 0.325. The zero-order valence-electron chi connectivity index (χ0n) is 13.0. The van der Waals surface area contributed by atoms with Gasteiger partial charge in [0, 0.05) is 19.1 Å².